The van der Waals surface area contributed by atoms with Crippen LogP contribution in [0.2, 0.25) is 0 Å². The topological polar surface area (TPSA) is 112 Å². The van der Waals surface area contributed by atoms with Gasteiger partial charge in [0.25, 0.3) is 0 Å². The van der Waals surface area contributed by atoms with E-state index in [9.17, 15) is 10.1 Å². The third-order valence-electron chi connectivity index (χ3n) is 7.36. The van der Waals surface area contributed by atoms with E-state index >= 15 is 0 Å². The number of benzene rings is 4. The summed E-state index contributed by atoms with van der Waals surface area (Å²) >= 11 is 0. The Morgan fingerprint density at radius 1 is 0.930 bits per heavy atom. The first kappa shape index (κ1) is 29.1. The predicted molar refractivity (Wildman–Crippen MR) is 168 cm³/mol. The van der Waals surface area contributed by atoms with Gasteiger partial charge in [-0.15, -0.1) is 0 Å². The summed E-state index contributed by atoms with van der Waals surface area (Å²) < 4.78 is 19.9. The Hall–Kier alpha value is -5.42. The minimum Gasteiger partial charge on any atom is -0.497 e. The van der Waals surface area contributed by atoms with Gasteiger partial charge in [-0.2, -0.15) is 5.26 Å². The monoisotopic (exact) mass is 574 g/mol. The van der Waals surface area contributed by atoms with Crippen molar-refractivity contribution in [1.29, 1.82) is 5.26 Å². The van der Waals surface area contributed by atoms with Crippen LogP contribution >= 0.6 is 0 Å². The summed E-state index contributed by atoms with van der Waals surface area (Å²) in [4.78, 5) is 11.9. The second-order valence-electron chi connectivity index (χ2n) is 10.1. The molecule has 43 heavy (non-hydrogen) atoms. The Balaban J connectivity index is 1.30. The quantitative estimate of drug-likeness (QED) is 0.163. The molecule has 1 unspecified atom stereocenters. The molecule has 5 rings (SSSR count). The van der Waals surface area contributed by atoms with Crippen molar-refractivity contribution < 1.29 is 19.0 Å². The van der Waals surface area contributed by atoms with Crippen molar-refractivity contribution in [1.82, 2.24) is 4.57 Å². The molecule has 1 heterocycles. The van der Waals surface area contributed by atoms with Crippen molar-refractivity contribution >= 4 is 22.5 Å². The average molecular weight is 575 g/mol. The Morgan fingerprint density at radius 3 is 2.33 bits per heavy atom. The number of ether oxygens (including phenoxy) is 3. The SMILES string of the molecule is COc1ccc2c(c1)c(CC(N)=O)c(C)n2Cc1ccccc1OCCOc1ccccc1C(C#N)Nc1ccccc1. The van der Waals surface area contributed by atoms with Gasteiger partial charge in [0, 0.05) is 33.4 Å². The van der Waals surface area contributed by atoms with Gasteiger partial charge in [0.05, 0.1) is 26.1 Å². The van der Waals surface area contributed by atoms with E-state index in [4.69, 9.17) is 19.9 Å². The first-order chi connectivity index (χ1) is 21.0. The van der Waals surface area contributed by atoms with Gasteiger partial charge in [0.1, 0.15) is 36.5 Å². The van der Waals surface area contributed by atoms with Crippen LogP contribution in [-0.2, 0) is 17.8 Å². The van der Waals surface area contributed by atoms with Crippen LogP contribution in [0.1, 0.15) is 28.4 Å². The molecule has 0 aliphatic rings. The van der Waals surface area contributed by atoms with Crippen LogP contribution < -0.4 is 25.3 Å². The molecule has 0 saturated heterocycles. The van der Waals surface area contributed by atoms with Crippen molar-refractivity contribution in [2.45, 2.75) is 25.9 Å². The summed E-state index contributed by atoms with van der Waals surface area (Å²) in [6.45, 7) is 3.15. The molecule has 1 atom stereocenters. The van der Waals surface area contributed by atoms with Gasteiger partial charge >= 0.3 is 0 Å². The third-order valence-corrected chi connectivity index (χ3v) is 7.36. The number of hydrogen-bond acceptors (Lipinski definition) is 6. The number of carbonyl (C=O) groups is 1. The van der Waals surface area contributed by atoms with E-state index < -0.39 is 6.04 Å². The summed E-state index contributed by atoms with van der Waals surface area (Å²) in [6.07, 6.45) is 0.146. The summed E-state index contributed by atoms with van der Waals surface area (Å²) in [6, 6.07) is 32.7. The molecular formula is C35H34N4O4. The number of aromatic nitrogens is 1. The zero-order valence-electron chi connectivity index (χ0n) is 24.2. The fraction of sp³-hybridized carbons (Fsp3) is 0.200. The van der Waals surface area contributed by atoms with Crippen molar-refractivity contribution in [3.05, 3.63) is 119 Å². The number of hydrogen-bond donors (Lipinski definition) is 2. The number of anilines is 1. The van der Waals surface area contributed by atoms with Gasteiger partial charge in [-0.05, 0) is 55.0 Å². The molecule has 0 saturated carbocycles. The highest BCUT2D eigenvalue weighted by Crippen LogP contribution is 2.32. The average Bonchev–Trinajstić information content (AvgIpc) is 3.28. The molecule has 1 amide bonds. The number of nitrogens with zero attached hydrogens (tertiary/aromatic N) is 2. The first-order valence-electron chi connectivity index (χ1n) is 14.1. The van der Waals surface area contributed by atoms with Crippen LogP contribution in [0, 0.1) is 18.3 Å². The number of carbonyl (C=O) groups excluding carboxylic acids is 1. The number of primary amides is 1. The van der Waals surface area contributed by atoms with E-state index in [1.165, 1.54) is 0 Å². The van der Waals surface area contributed by atoms with Crippen molar-refractivity contribution in [2.75, 3.05) is 25.6 Å². The van der Waals surface area contributed by atoms with Crippen molar-refractivity contribution in [3.8, 4) is 23.3 Å². The Morgan fingerprint density at radius 2 is 1.60 bits per heavy atom. The predicted octanol–water partition coefficient (Wildman–Crippen LogP) is 6.17. The second kappa shape index (κ2) is 13.5. The lowest BCUT2D eigenvalue weighted by molar-refractivity contribution is -0.117. The Bertz CT molecular complexity index is 1760. The highest BCUT2D eigenvalue weighted by molar-refractivity contribution is 5.91. The van der Waals surface area contributed by atoms with Crippen molar-refractivity contribution in [2.24, 2.45) is 5.73 Å². The number of para-hydroxylation sites is 3. The van der Waals surface area contributed by atoms with E-state index in [0.29, 0.717) is 25.5 Å². The molecule has 218 valence electrons. The maximum absolute atomic E-state index is 11.9. The lowest BCUT2D eigenvalue weighted by atomic mass is 10.1. The van der Waals surface area contributed by atoms with Crippen LogP contribution in [0.3, 0.4) is 0 Å². The molecule has 8 nitrogen and oxygen atoms in total. The molecule has 0 fully saturated rings. The van der Waals surface area contributed by atoms with Crippen LogP contribution in [0.4, 0.5) is 5.69 Å². The largest absolute Gasteiger partial charge is 0.497 e. The zero-order chi connectivity index (χ0) is 30.2. The highest BCUT2D eigenvalue weighted by atomic mass is 16.5. The van der Waals surface area contributed by atoms with Gasteiger partial charge in [0.15, 0.2) is 0 Å². The maximum Gasteiger partial charge on any atom is 0.221 e. The van der Waals surface area contributed by atoms with E-state index in [-0.39, 0.29) is 12.3 Å². The highest BCUT2D eigenvalue weighted by Gasteiger charge is 2.19. The van der Waals surface area contributed by atoms with E-state index in [1.54, 1.807) is 7.11 Å². The van der Waals surface area contributed by atoms with Gasteiger partial charge in [-0.1, -0.05) is 54.6 Å². The number of rotatable bonds is 13. The molecule has 0 aliphatic carbocycles. The molecule has 0 bridgehead atoms. The van der Waals surface area contributed by atoms with Gasteiger partial charge in [0.2, 0.25) is 5.91 Å². The standard InChI is InChI=1S/C35H34N4O4/c1-24-29(21-35(37)40)30-20-27(41-2)16-17-32(30)39(24)23-25-10-6-8-14-33(25)42-18-19-43-34-15-9-7-13-28(34)31(22-36)38-26-11-4-3-5-12-26/h3-17,20,31,38H,18-19,21,23H2,1-2H3,(H2,37,40). The second-order valence-corrected chi connectivity index (χ2v) is 10.1. The first-order valence-corrected chi connectivity index (χ1v) is 14.1. The summed E-state index contributed by atoms with van der Waals surface area (Å²) in [5, 5.41) is 14.1. The molecule has 0 spiro atoms. The van der Waals surface area contributed by atoms with Gasteiger partial charge < -0.3 is 29.8 Å². The van der Waals surface area contributed by atoms with Crippen LogP contribution in [0.25, 0.3) is 10.9 Å². The van der Waals surface area contributed by atoms with E-state index in [2.05, 4.69) is 16.0 Å². The summed E-state index contributed by atoms with van der Waals surface area (Å²) in [5.74, 6) is 1.71. The third kappa shape index (κ3) is 6.74. The van der Waals surface area contributed by atoms with Crippen LogP contribution in [-0.4, -0.2) is 30.8 Å². The summed E-state index contributed by atoms with van der Waals surface area (Å²) in [7, 11) is 1.62. The van der Waals surface area contributed by atoms with Crippen LogP contribution in [0.5, 0.6) is 17.2 Å². The molecule has 0 radical (unpaired) electrons. The smallest absolute Gasteiger partial charge is 0.221 e. The Kier molecular flexibility index (Phi) is 9.13. The lowest BCUT2D eigenvalue weighted by Crippen LogP contribution is -2.15. The molecule has 3 N–H and O–H groups in total. The van der Waals surface area contributed by atoms with Gasteiger partial charge in [-0.3, -0.25) is 4.79 Å². The van der Waals surface area contributed by atoms with E-state index in [0.717, 1.165) is 50.5 Å². The molecule has 8 heteroatoms. The fourth-order valence-electron chi connectivity index (χ4n) is 5.24. The Labute approximate surface area is 251 Å². The number of amides is 1. The minimum atomic E-state index is -0.570. The fourth-order valence-corrected chi connectivity index (χ4v) is 5.24. The number of nitrogens with one attached hydrogen (secondary N) is 1. The number of methoxy groups -OCH3 is 1. The lowest BCUT2D eigenvalue weighted by Gasteiger charge is -2.18. The summed E-state index contributed by atoms with van der Waals surface area (Å²) in [5.41, 5.74) is 11.0. The van der Waals surface area contributed by atoms with E-state index in [1.807, 2.05) is 104 Å². The molecule has 1 aromatic heterocycles. The molecule has 5 aromatic rings. The number of fused-ring (bicyclic) bond motifs is 1. The van der Waals surface area contributed by atoms with Crippen LogP contribution in [0.15, 0.2) is 97.1 Å². The van der Waals surface area contributed by atoms with Crippen molar-refractivity contribution in [3.63, 3.8) is 0 Å². The number of nitriles is 1. The minimum absolute atomic E-state index is 0.146. The van der Waals surface area contributed by atoms with Gasteiger partial charge in [-0.25, -0.2) is 0 Å². The normalized spacial score (nSPS) is 11.5. The molecule has 0 aliphatic heterocycles. The molecular weight excluding hydrogens is 540 g/mol. The number of nitrogens with two attached hydrogens (primary N) is 1. The molecule has 4 aromatic carbocycles. The zero-order valence-corrected chi connectivity index (χ0v) is 24.2. The maximum atomic E-state index is 11.9.